The molecule has 6 heteroatoms. The summed E-state index contributed by atoms with van der Waals surface area (Å²) in [7, 11) is 1.97. The van der Waals surface area contributed by atoms with E-state index >= 15 is 0 Å². The van der Waals surface area contributed by atoms with Gasteiger partial charge in [-0.3, -0.25) is 0 Å². The van der Waals surface area contributed by atoms with Crippen molar-refractivity contribution in [3.05, 3.63) is 48.0 Å². The fourth-order valence-corrected chi connectivity index (χ4v) is 2.62. The predicted molar refractivity (Wildman–Crippen MR) is 77.2 cm³/mol. The minimum absolute atomic E-state index is 0.561. The standard InChI is InChI=1S/C14H14N4OS/c1-10-5-3-4-6-11(10)13-16-17-14(19-13)20-9-12-15-7-8-18(12)2/h3-8H,9H2,1-2H3. The van der Waals surface area contributed by atoms with Crippen LogP contribution in [0.3, 0.4) is 0 Å². The third-order valence-electron chi connectivity index (χ3n) is 3.03. The van der Waals surface area contributed by atoms with Gasteiger partial charge in [0.2, 0.25) is 5.89 Å². The molecule has 0 atom stereocenters. The van der Waals surface area contributed by atoms with Gasteiger partial charge in [0.1, 0.15) is 5.82 Å². The predicted octanol–water partition coefficient (Wildman–Crippen LogP) is 3.07. The van der Waals surface area contributed by atoms with E-state index in [1.165, 1.54) is 11.8 Å². The zero-order chi connectivity index (χ0) is 13.9. The van der Waals surface area contributed by atoms with Gasteiger partial charge < -0.3 is 8.98 Å². The summed E-state index contributed by atoms with van der Waals surface area (Å²) >= 11 is 1.49. The molecule has 2 heterocycles. The normalized spacial score (nSPS) is 10.9. The van der Waals surface area contributed by atoms with Crippen molar-refractivity contribution in [1.82, 2.24) is 19.7 Å². The van der Waals surface area contributed by atoms with Gasteiger partial charge in [-0.05, 0) is 18.6 Å². The maximum absolute atomic E-state index is 5.69. The van der Waals surface area contributed by atoms with Crippen LogP contribution in [0.2, 0.25) is 0 Å². The fraction of sp³-hybridized carbons (Fsp3) is 0.214. The average Bonchev–Trinajstić information content (AvgIpc) is 3.06. The number of hydrogen-bond acceptors (Lipinski definition) is 5. The quantitative estimate of drug-likeness (QED) is 0.690. The lowest BCUT2D eigenvalue weighted by Crippen LogP contribution is -1.94. The minimum Gasteiger partial charge on any atom is -0.411 e. The average molecular weight is 286 g/mol. The summed E-state index contributed by atoms with van der Waals surface area (Å²) in [5.41, 5.74) is 2.10. The number of rotatable bonds is 4. The molecule has 5 nitrogen and oxygen atoms in total. The van der Waals surface area contributed by atoms with Gasteiger partial charge in [0.25, 0.3) is 5.22 Å². The van der Waals surface area contributed by atoms with Gasteiger partial charge in [-0.2, -0.15) is 0 Å². The molecular weight excluding hydrogens is 272 g/mol. The zero-order valence-electron chi connectivity index (χ0n) is 11.3. The van der Waals surface area contributed by atoms with E-state index < -0.39 is 0 Å². The van der Waals surface area contributed by atoms with Crippen molar-refractivity contribution >= 4 is 11.8 Å². The number of imidazole rings is 1. The SMILES string of the molecule is Cc1ccccc1-c1nnc(SCc2nccn2C)o1. The summed E-state index contributed by atoms with van der Waals surface area (Å²) in [6, 6.07) is 7.97. The summed E-state index contributed by atoms with van der Waals surface area (Å²) in [5.74, 6) is 2.25. The van der Waals surface area contributed by atoms with Crippen LogP contribution >= 0.6 is 11.8 Å². The Morgan fingerprint density at radius 2 is 2.10 bits per heavy atom. The van der Waals surface area contributed by atoms with Crippen molar-refractivity contribution in [3.8, 4) is 11.5 Å². The van der Waals surface area contributed by atoms with E-state index in [1.54, 1.807) is 6.20 Å². The molecule has 0 amide bonds. The molecule has 0 aliphatic rings. The van der Waals surface area contributed by atoms with E-state index in [0.717, 1.165) is 17.0 Å². The first-order valence-electron chi connectivity index (χ1n) is 6.22. The van der Waals surface area contributed by atoms with Crippen molar-refractivity contribution in [1.29, 1.82) is 0 Å². The molecule has 0 fully saturated rings. The van der Waals surface area contributed by atoms with Crippen LogP contribution in [0.4, 0.5) is 0 Å². The van der Waals surface area contributed by atoms with Crippen LogP contribution in [0, 0.1) is 6.92 Å². The van der Waals surface area contributed by atoms with E-state index in [-0.39, 0.29) is 0 Å². The lowest BCUT2D eigenvalue weighted by Gasteiger charge is -1.99. The Kier molecular flexibility index (Phi) is 3.56. The first kappa shape index (κ1) is 12.9. The van der Waals surface area contributed by atoms with Crippen LogP contribution in [0.25, 0.3) is 11.5 Å². The van der Waals surface area contributed by atoms with Crippen molar-refractivity contribution in [2.45, 2.75) is 17.9 Å². The Morgan fingerprint density at radius 1 is 1.25 bits per heavy atom. The number of aromatic nitrogens is 4. The molecule has 0 aliphatic heterocycles. The molecule has 102 valence electrons. The second-order valence-corrected chi connectivity index (χ2v) is 5.36. The van der Waals surface area contributed by atoms with Gasteiger partial charge in [0.05, 0.1) is 5.75 Å². The Balaban J connectivity index is 1.74. The van der Waals surface area contributed by atoms with Crippen LogP contribution in [0.15, 0.2) is 46.3 Å². The molecule has 3 aromatic rings. The zero-order valence-corrected chi connectivity index (χ0v) is 12.1. The number of benzene rings is 1. The van der Waals surface area contributed by atoms with E-state index in [4.69, 9.17) is 4.42 Å². The summed E-state index contributed by atoms with van der Waals surface area (Å²) in [5, 5.41) is 8.74. The highest BCUT2D eigenvalue weighted by Crippen LogP contribution is 2.26. The molecule has 2 aromatic heterocycles. The molecular formula is C14H14N4OS. The topological polar surface area (TPSA) is 56.7 Å². The summed E-state index contributed by atoms with van der Waals surface area (Å²) in [6.07, 6.45) is 3.70. The monoisotopic (exact) mass is 286 g/mol. The van der Waals surface area contributed by atoms with E-state index in [0.29, 0.717) is 16.9 Å². The molecule has 0 unspecified atom stereocenters. The first-order valence-corrected chi connectivity index (χ1v) is 7.21. The summed E-state index contributed by atoms with van der Waals surface area (Å²) in [4.78, 5) is 4.26. The summed E-state index contributed by atoms with van der Waals surface area (Å²) < 4.78 is 7.67. The van der Waals surface area contributed by atoms with Crippen molar-refractivity contribution in [2.75, 3.05) is 0 Å². The molecule has 1 aromatic carbocycles. The molecule has 0 aliphatic carbocycles. The molecule has 0 saturated heterocycles. The lowest BCUT2D eigenvalue weighted by atomic mass is 10.1. The summed E-state index contributed by atoms with van der Waals surface area (Å²) in [6.45, 7) is 2.03. The molecule has 0 bridgehead atoms. The Bertz CT molecular complexity index is 719. The molecule has 20 heavy (non-hydrogen) atoms. The number of hydrogen-bond donors (Lipinski definition) is 0. The van der Waals surface area contributed by atoms with Crippen LogP contribution in [-0.2, 0) is 12.8 Å². The molecule has 3 rings (SSSR count). The smallest absolute Gasteiger partial charge is 0.277 e. The van der Waals surface area contributed by atoms with Gasteiger partial charge >= 0.3 is 0 Å². The highest BCUT2D eigenvalue weighted by Gasteiger charge is 2.11. The van der Waals surface area contributed by atoms with Crippen molar-refractivity contribution in [2.24, 2.45) is 7.05 Å². The number of aryl methyl sites for hydroxylation is 2. The van der Waals surface area contributed by atoms with E-state index in [9.17, 15) is 0 Å². The maximum Gasteiger partial charge on any atom is 0.277 e. The van der Waals surface area contributed by atoms with Crippen LogP contribution in [-0.4, -0.2) is 19.7 Å². The number of nitrogens with zero attached hydrogens (tertiary/aromatic N) is 4. The third kappa shape index (κ3) is 2.60. The van der Waals surface area contributed by atoms with Gasteiger partial charge in [-0.1, -0.05) is 30.0 Å². The molecule has 0 radical (unpaired) electrons. The minimum atomic E-state index is 0.561. The van der Waals surface area contributed by atoms with E-state index in [2.05, 4.69) is 15.2 Å². The number of thioether (sulfide) groups is 1. The molecule has 0 saturated carbocycles. The fourth-order valence-electron chi connectivity index (χ4n) is 1.85. The molecule has 0 spiro atoms. The molecule has 0 N–H and O–H groups in total. The van der Waals surface area contributed by atoms with Gasteiger partial charge in [0, 0.05) is 25.0 Å². The van der Waals surface area contributed by atoms with Crippen LogP contribution in [0.5, 0.6) is 0 Å². The van der Waals surface area contributed by atoms with Crippen LogP contribution < -0.4 is 0 Å². The highest BCUT2D eigenvalue weighted by atomic mass is 32.2. The Hall–Kier alpha value is -2.08. The van der Waals surface area contributed by atoms with Crippen molar-refractivity contribution in [3.63, 3.8) is 0 Å². The van der Waals surface area contributed by atoms with Gasteiger partial charge in [0.15, 0.2) is 0 Å². The highest BCUT2D eigenvalue weighted by molar-refractivity contribution is 7.98. The third-order valence-corrected chi connectivity index (χ3v) is 3.84. The lowest BCUT2D eigenvalue weighted by molar-refractivity contribution is 0.465. The largest absolute Gasteiger partial charge is 0.411 e. The van der Waals surface area contributed by atoms with Crippen LogP contribution in [0.1, 0.15) is 11.4 Å². The second-order valence-electron chi connectivity index (χ2n) is 4.43. The van der Waals surface area contributed by atoms with Crippen molar-refractivity contribution < 1.29 is 4.42 Å². The second kappa shape index (κ2) is 5.50. The van der Waals surface area contributed by atoms with Gasteiger partial charge in [-0.15, -0.1) is 10.2 Å². The Labute approximate surface area is 121 Å². The van der Waals surface area contributed by atoms with Gasteiger partial charge in [-0.25, -0.2) is 4.98 Å². The Morgan fingerprint density at radius 3 is 2.85 bits per heavy atom. The maximum atomic E-state index is 5.69. The van der Waals surface area contributed by atoms with E-state index in [1.807, 2.05) is 49.0 Å². The first-order chi connectivity index (χ1) is 9.74.